The SMILES string of the molecule is Cn1c(=O)n(C2CCC(=O)NC2=O)c2cccc(N3CCC(CO)CC3)c21. The highest BCUT2D eigenvalue weighted by Crippen LogP contribution is 2.31. The van der Waals surface area contributed by atoms with Gasteiger partial charge in [0.2, 0.25) is 11.8 Å². The van der Waals surface area contributed by atoms with E-state index in [0.29, 0.717) is 17.9 Å². The van der Waals surface area contributed by atoms with Gasteiger partial charge < -0.3 is 10.0 Å². The molecule has 2 aliphatic rings. The van der Waals surface area contributed by atoms with E-state index in [1.165, 1.54) is 4.57 Å². The molecule has 0 saturated carbocycles. The van der Waals surface area contributed by atoms with Gasteiger partial charge in [0.05, 0.1) is 16.7 Å². The fraction of sp³-hybridized carbons (Fsp3) is 0.526. The Morgan fingerprint density at radius 3 is 2.56 bits per heavy atom. The molecule has 0 bridgehead atoms. The second kappa shape index (κ2) is 6.84. The van der Waals surface area contributed by atoms with E-state index in [-0.39, 0.29) is 24.6 Å². The number of anilines is 1. The van der Waals surface area contributed by atoms with E-state index in [0.717, 1.165) is 37.1 Å². The van der Waals surface area contributed by atoms with E-state index < -0.39 is 11.9 Å². The van der Waals surface area contributed by atoms with Crippen molar-refractivity contribution in [2.75, 3.05) is 24.6 Å². The molecule has 0 aliphatic carbocycles. The average molecular weight is 372 g/mol. The first-order valence-corrected chi connectivity index (χ1v) is 9.40. The molecule has 144 valence electrons. The molecule has 3 heterocycles. The average Bonchev–Trinajstić information content (AvgIpc) is 2.93. The smallest absolute Gasteiger partial charge is 0.329 e. The Kier molecular flexibility index (Phi) is 4.51. The lowest BCUT2D eigenvalue weighted by molar-refractivity contribution is -0.135. The number of imide groups is 1. The van der Waals surface area contributed by atoms with Crippen LogP contribution in [0.2, 0.25) is 0 Å². The standard InChI is InChI=1S/C19H24N4O4/c1-21-17-13(22-9-7-12(11-24)8-10-22)3-2-4-14(17)23(19(21)27)15-5-6-16(25)20-18(15)26/h2-4,12,15,24H,5-11H2,1H3,(H,20,25,26). The third kappa shape index (κ3) is 2.93. The quantitative estimate of drug-likeness (QED) is 0.766. The number of rotatable bonds is 3. The van der Waals surface area contributed by atoms with E-state index in [1.807, 2.05) is 18.2 Å². The highest BCUT2D eigenvalue weighted by molar-refractivity contribution is 6.00. The highest BCUT2D eigenvalue weighted by atomic mass is 16.3. The van der Waals surface area contributed by atoms with Gasteiger partial charge in [0.15, 0.2) is 0 Å². The van der Waals surface area contributed by atoms with Crippen LogP contribution in [0.15, 0.2) is 23.0 Å². The molecule has 4 rings (SSSR count). The number of fused-ring (bicyclic) bond motifs is 1. The highest BCUT2D eigenvalue weighted by Gasteiger charge is 2.32. The number of piperidine rings is 2. The topological polar surface area (TPSA) is 96.6 Å². The molecule has 1 aromatic carbocycles. The van der Waals surface area contributed by atoms with Crippen LogP contribution in [0, 0.1) is 5.92 Å². The Labute approximate surface area is 156 Å². The van der Waals surface area contributed by atoms with Crippen LogP contribution in [0.5, 0.6) is 0 Å². The molecule has 0 radical (unpaired) electrons. The Balaban J connectivity index is 1.78. The maximum Gasteiger partial charge on any atom is 0.329 e. The van der Waals surface area contributed by atoms with E-state index in [4.69, 9.17) is 0 Å². The molecule has 2 aromatic rings. The number of amides is 2. The van der Waals surface area contributed by atoms with Crippen molar-refractivity contribution < 1.29 is 14.7 Å². The number of benzene rings is 1. The maximum absolute atomic E-state index is 13.0. The van der Waals surface area contributed by atoms with Crippen LogP contribution in [-0.2, 0) is 16.6 Å². The summed E-state index contributed by atoms with van der Waals surface area (Å²) in [4.78, 5) is 39.0. The number of aliphatic hydroxyl groups excluding tert-OH is 1. The van der Waals surface area contributed by atoms with Crippen molar-refractivity contribution in [3.8, 4) is 0 Å². The van der Waals surface area contributed by atoms with Gasteiger partial charge in [0.1, 0.15) is 6.04 Å². The Bertz CT molecular complexity index is 953. The molecule has 2 saturated heterocycles. The Hall–Kier alpha value is -2.61. The second-order valence-corrected chi connectivity index (χ2v) is 7.44. The zero-order valence-electron chi connectivity index (χ0n) is 15.4. The number of hydrogen-bond donors (Lipinski definition) is 2. The molecule has 27 heavy (non-hydrogen) atoms. The van der Waals surface area contributed by atoms with Gasteiger partial charge in [-0.05, 0) is 37.3 Å². The van der Waals surface area contributed by atoms with Crippen molar-refractivity contribution in [1.82, 2.24) is 14.5 Å². The Morgan fingerprint density at radius 2 is 1.89 bits per heavy atom. The minimum absolute atomic E-state index is 0.211. The van der Waals surface area contributed by atoms with Gasteiger partial charge in [-0.15, -0.1) is 0 Å². The minimum atomic E-state index is -0.672. The van der Waals surface area contributed by atoms with Crippen LogP contribution < -0.4 is 15.9 Å². The number of imidazole rings is 1. The van der Waals surface area contributed by atoms with Crippen LogP contribution >= 0.6 is 0 Å². The van der Waals surface area contributed by atoms with Gasteiger partial charge in [0.25, 0.3) is 0 Å². The summed E-state index contributed by atoms with van der Waals surface area (Å²) in [5.74, 6) is -0.385. The lowest BCUT2D eigenvalue weighted by atomic mass is 9.97. The van der Waals surface area contributed by atoms with Gasteiger partial charge in [-0.3, -0.25) is 24.0 Å². The fourth-order valence-corrected chi connectivity index (χ4v) is 4.26. The number of aryl methyl sites for hydroxylation is 1. The predicted molar refractivity (Wildman–Crippen MR) is 101 cm³/mol. The number of aliphatic hydroxyl groups is 1. The third-order valence-corrected chi connectivity index (χ3v) is 5.82. The third-order valence-electron chi connectivity index (χ3n) is 5.82. The van der Waals surface area contributed by atoms with Crippen LogP contribution in [0.1, 0.15) is 31.7 Å². The normalized spacial score (nSPS) is 21.7. The molecule has 8 heteroatoms. The molecule has 2 N–H and O–H groups in total. The second-order valence-electron chi connectivity index (χ2n) is 7.44. The zero-order valence-corrected chi connectivity index (χ0v) is 15.4. The number of carbonyl (C=O) groups excluding carboxylic acids is 2. The van der Waals surface area contributed by atoms with Crippen molar-refractivity contribution in [2.45, 2.75) is 31.7 Å². The largest absolute Gasteiger partial charge is 0.396 e. The molecule has 1 aromatic heterocycles. The number of nitrogens with zero attached hydrogens (tertiary/aromatic N) is 3. The van der Waals surface area contributed by atoms with E-state index in [1.54, 1.807) is 11.6 Å². The number of hydrogen-bond acceptors (Lipinski definition) is 5. The number of para-hydroxylation sites is 1. The number of nitrogens with one attached hydrogen (secondary N) is 1. The van der Waals surface area contributed by atoms with Crippen molar-refractivity contribution in [2.24, 2.45) is 13.0 Å². The summed E-state index contributed by atoms with van der Waals surface area (Å²) >= 11 is 0. The molecule has 2 fully saturated rings. The minimum Gasteiger partial charge on any atom is -0.396 e. The van der Waals surface area contributed by atoms with Crippen LogP contribution in [0.4, 0.5) is 5.69 Å². The van der Waals surface area contributed by atoms with Crippen molar-refractivity contribution in [3.05, 3.63) is 28.7 Å². The van der Waals surface area contributed by atoms with Gasteiger partial charge in [-0.2, -0.15) is 0 Å². The molecule has 8 nitrogen and oxygen atoms in total. The molecule has 2 aliphatic heterocycles. The van der Waals surface area contributed by atoms with E-state index in [2.05, 4.69) is 10.2 Å². The summed E-state index contributed by atoms with van der Waals surface area (Å²) < 4.78 is 3.10. The Morgan fingerprint density at radius 1 is 1.15 bits per heavy atom. The van der Waals surface area contributed by atoms with Gasteiger partial charge in [0, 0.05) is 33.2 Å². The first-order chi connectivity index (χ1) is 13.0. The van der Waals surface area contributed by atoms with Gasteiger partial charge in [-0.25, -0.2) is 4.79 Å². The van der Waals surface area contributed by atoms with Gasteiger partial charge >= 0.3 is 5.69 Å². The summed E-state index contributed by atoms with van der Waals surface area (Å²) in [6, 6.07) is 5.08. The summed E-state index contributed by atoms with van der Waals surface area (Å²) in [6.45, 7) is 1.85. The molecule has 0 spiro atoms. The lowest BCUT2D eigenvalue weighted by Crippen LogP contribution is -2.44. The number of carbonyl (C=O) groups is 2. The summed E-state index contributed by atoms with van der Waals surface area (Å²) in [5.41, 5.74) is 2.22. The first kappa shape index (κ1) is 17.8. The van der Waals surface area contributed by atoms with E-state index in [9.17, 15) is 19.5 Å². The van der Waals surface area contributed by atoms with Crippen molar-refractivity contribution >= 4 is 28.5 Å². The molecular formula is C19H24N4O4. The molecule has 1 atom stereocenters. The van der Waals surface area contributed by atoms with Crippen molar-refractivity contribution in [3.63, 3.8) is 0 Å². The maximum atomic E-state index is 13.0. The predicted octanol–water partition coefficient (Wildman–Crippen LogP) is 0.526. The van der Waals surface area contributed by atoms with Crippen molar-refractivity contribution in [1.29, 1.82) is 0 Å². The van der Waals surface area contributed by atoms with Crippen LogP contribution in [-0.4, -0.2) is 45.8 Å². The zero-order chi connectivity index (χ0) is 19.1. The molecule has 1 unspecified atom stereocenters. The summed E-state index contributed by atoms with van der Waals surface area (Å²) in [5, 5.41) is 11.7. The molecule has 2 amide bonds. The molecular weight excluding hydrogens is 348 g/mol. The lowest BCUT2D eigenvalue weighted by Gasteiger charge is -2.33. The monoisotopic (exact) mass is 372 g/mol. The first-order valence-electron chi connectivity index (χ1n) is 9.40. The van der Waals surface area contributed by atoms with Gasteiger partial charge in [-0.1, -0.05) is 6.07 Å². The summed E-state index contributed by atoms with van der Waals surface area (Å²) in [7, 11) is 1.72. The number of aromatic nitrogens is 2. The van der Waals surface area contributed by atoms with Crippen LogP contribution in [0.25, 0.3) is 11.0 Å². The summed E-state index contributed by atoms with van der Waals surface area (Å²) in [6.07, 6.45) is 2.38. The van der Waals surface area contributed by atoms with E-state index >= 15 is 0 Å². The fourth-order valence-electron chi connectivity index (χ4n) is 4.26. The van der Waals surface area contributed by atoms with Crippen LogP contribution in [0.3, 0.4) is 0 Å².